The van der Waals surface area contributed by atoms with Crippen LogP contribution in [-0.2, 0) is 14.4 Å². The Hall–Kier alpha value is -3.61. The van der Waals surface area contributed by atoms with Crippen LogP contribution in [0.2, 0.25) is 0 Å². The van der Waals surface area contributed by atoms with Crippen molar-refractivity contribution < 1.29 is 19.1 Å². The predicted octanol–water partition coefficient (Wildman–Crippen LogP) is 1.80. The van der Waals surface area contributed by atoms with Gasteiger partial charge in [0.1, 0.15) is 5.75 Å². The fourth-order valence-corrected chi connectivity index (χ4v) is 2.05. The number of aryl methyl sites for hydroxylation is 1. The third kappa shape index (κ3) is 5.48. The summed E-state index contributed by atoms with van der Waals surface area (Å²) in [5, 5.41) is 2.44. The summed E-state index contributed by atoms with van der Waals surface area (Å²) in [5.74, 6) is -2.08. The topological polar surface area (TPSA) is 96.5 Å². The van der Waals surface area contributed by atoms with Crippen molar-refractivity contribution in [3.8, 4) is 5.75 Å². The Bertz CT molecular complexity index is 832. The van der Waals surface area contributed by atoms with Crippen molar-refractivity contribution in [2.45, 2.75) is 6.92 Å². The summed E-state index contributed by atoms with van der Waals surface area (Å²) in [7, 11) is 1.46. The zero-order chi connectivity index (χ0) is 18.9. The van der Waals surface area contributed by atoms with E-state index in [9.17, 15) is 14.4 Å². The quantitative estimate of drug-likeness (QED) is 0.444. The zero-order valence-corrected chi connectivity index (χ0v) is 14.4. The summed E-state index contributed by atoms with van der Waals surface area (Å²) in [5.41, 5.74) is 6.28. The van der Waals surface area contributed by atoms with E-state index in [1.54, 1.807) is 18.2 Å². The minimum absolute atomic E-state index is 0.364. The minimum Gasteiger partial charge on any atom is -0.495 e. The highest BCUT2D eigenvalue weighted by atomic mass is 16.5. The third-order valence-electron chi connectivity index (χ3n) is 3.34. The van der Waals surface area contributed by atoms with E-state index in [-0.39, 0.29) is 0 Å². The van der Waals surface area contributed by atoms with Crippen molar-refractivity contribution >= 4 is 29.5 Å². The lowest BCUT2D eigenvalue weighted by molar-refractivity contribution is -0.137. The Kier molecular flexibility index (Phi) is 6.50. The smallest absolute Gasteiger partial charge is 0.328 e. The lowest BCUT2D eigenvalue weighted by Gasteiger charge is -2.11. The average molecular weight is 353 g/mol. The summed E-state index contributed by atoms with van der Waals surface area (Å²) < 4.78 is 5.13. The van der Waals surface area contributed by atoms with Gasteiger partial charge in [-0.3, -0.25) is 25.2 Å². The molecular weight excluding hydrogens is 334 g/mol. The largest absolute Gasteiger partial charge is 0.495 e. The second-order valence-corrected chi connectivity index (χ2v) is 5.35. The Labute approximate surface area is 151 Å². The van der Waals surface area contributed by atoms with E-state index < -0.39 is 17.7 Å². The molecule has 0 bridgehead atoms. The molecule has 0 heterocycles. The molecule has 3 N–H and O–H groups in total. The molecule has 134 valence electrons. The minimum atomic E-state index is -1.00. The SMILES string of the molecule is COc1ccc(C)cc1NC(=O)C(=O)NNC(=O)/C=C\c1ccccc1. The molecule has 0 fully saturated rings. The first-order chi connectivity index (χ1) is 12.5. The molecular formula is C19H19N3O4. The van der Waals surface area contributed by atoms with Gasteiger partial charge in [-0.05, 0) is 36.3 Å². The van der Waals surface area contributed by atoms with Gasteiger partial charge in [-0.1, -0.05) is 36.4 Å². The van der Waals surface area contributed by atoms with E-state index in [2.05, 4.69) is 10.7 Å². The van der Waals surface area contributed by atoms with Crippen LogP contribution in [0, 0.1) is 6.92 Å². The number of rotatable bonds is 4. The van der Waals surface area contributed by atoms with E-state index in [0.29, 0.717) is 11.4 Å². The number of hydrogen-bond acceptors (Lipinski definition) is 4. The molecule has 0 spiro atoms. The molecule has 0 saturated heterocycles. The van der Waals surface area contributed by atoms with Crippen LogP contribution in [0.1, 0.15) is 11.1 Å². The molecule has 0 aliphatic heterocycles. The number of benzene rings is 2. The van der Waals surface area contributed by atoms with Crippen LogP contribution in [0.15, 0.2) is 54.6 Å². The standard InChI is InChI=1S/C19H19N3O4/c1-13-8-10-16(26-2)15(12-13)20-18(24)19(25)22-21-17(23)11-9-14-6-4-3-5-7-14/h3-12H,1-2H3,(H,20,24)(H,21,23)(H,22,25)/b11-9-. The number of hydrogen-bond donors (Lipinski definition) is 3. The average Bonchev–Trinajstić information content (AvgIpc) is 2.65. The molecule has 26 heavy (non-hydrogen) atoms. The maximum atomic E-state index is 11.9. The fraction of sp³-hybridized carbons (Fsp3) is 0.105. The van der Waals surface area contributed by atoms with Gasteiger partial charge in [-0.15, -0.1) is 0 Å². The number of carbonyl (C=O) groups excluding carboxylic acids is 3. The van der Waals surface area contributed by atoms with E-state index in [1.165, 1.54) is 13.2 Å². The molecule has 7 heteroatoms. The van der Waals surface area contributed by atoms with Crippen LogP contribution < -0.4 is 20.9 Å². The van der Waals surface area contributed by atoms with Crippen LogP contribution >= 0.6 is 0 Å². The van der Waals surface area contributed by atoms with Gasteiger partial charge >= 0.3 is 11.8 Å². The van der Waals surface area contributed by atoms with Crippen molar-refractivity contribution in [1.29, 1.82) is 0 Å². The molecule has 0 aliphatic rings. The maximum Gasteiger partial charge on any atom is 0.328 e. The normalized spacial score (nSPS) is 10.2. The van der Waals surface area contributed by atoms with Crippen molar-refractivity contribution in [3.05, 3.63) is 65.7 Å². The lowest BCUT2D eigenvalue weighted by atomic mass is 10.2. The van der Waals surface area contributed by atoms with Crippen LogP contribution in [0.4, 0.5) is 5.69 Å². The predicted molar refractivity (Wildman–Crippen MR) is 98.1 cm³/mol. The second kappa shape index (κ2) is 9.03. The van der Waals surface area contributed by atoms with Gasteiger partial charge in [0.05, 0.1) is 12.8 Å². The number of nitrogens with one attached hydrogen (secondary N) is 3. The molecule has 0 unspecified atom stereocenters. The Balaban J connectivity index is 1.87. The van der Waals surface area contributed by atoms with E-state index in [1.807, 2.05) is 48.7 Å². The first kappa shape index (κ1) is 18.7. The highest BCUT2D eigenvalue weighted by Crippen LogP contribution is 2.24. The number of methoxy groups -OCH3 is 1. The van der Waals surface area contributed by atoms with Gasteiger partial charge in [0.2, 0.25) is 0 Å². The van der Waals surface area contributed by atoms with Crippen LogP contribution in [0.3, 0.4) is 0 Å². The molecule has 0 aliphatic carbocycles. The fourth-order valence-electron chi connectivity index (χ4n) is 2.05. The molecule has 2 aromatic rings. The molecule has 0 atom stereocenters. The highest BCUT2D eigenvalue weighted by molar-refractivity contribution is 6.39. The summed E-state index contributed by atoms with van der Waals surface area (Å²) in [6.07, 6.45) is 2.83. The summed E-state index contributed by atoms with van der Waals surface area (Å²) in [6.45, 7) is 1.84. The molecule has 0 radical (unpaired) electrons. The summed E-state index contributed by atoms with van der Waals surface area (Å²) >= 11 is 0. The summed E-state index contributed by atoms with van der Waals surface area (Å²) in [4.78, 5) is 35.4. The van der Waals surface area contributed by atoms with Crippen LogP contribution in [0.5, 0.6) is 5.75 Å². The molecule has 2 aromatic carbocycles. The number of ether oxygens (including phenoxy) is 1. The highest BCUT2D eigenvalue weighted by Gasteiger charge is 2.16. The molecule has 3 amide bonds. The van der Waals surface area contributed by atoms with Gasteiger partial charge < -0.3 is 10.1 Å². The number of carbonyl (C=O) groups is 3. The maximum absolute atomic E-state index is 11.9. The Morgan fingerprint density at radius 2 is 1.69 bits per heavy atom. The van der Waals surface area contributed by atoms with E-state index in [0.717, 1.165) is 11.1 Å². The first-order valence-corrected chi connectivity index (χ1v) is 7.78. The van der Waals surface area contributed by atoms with Crippen molar-refractivity contribution in [2.24, 2.45) is 0 Å². The Morgan fingerprint density at radius 1 is 0.962 bits per heavy atom. The number of anilines is 1. The molecule has 0 saturated carbocycles. The van der Waals surface area contributed by atoms with Crippen LogP contribution in [-0.4, -0.2) is 24.8 Å². The van der Waals surface area contributed by atoms with Gasteiger partial charge in [0.25, 0.3) is 5.91 Å². The van der Waals surface area contributed by atoms with Crippen LogP contribution in [0.25, 0.3) is 6.08 Å². The number of hydrazine groups is 1. The molecule has 2 rings (SSSR count). The van der Waals surface area contributed by atoms with Gasteiger partial charge in [0, 0.05) is 6.08 Å². The summed E-state index contributed by atoms with van der Waals surface area (Å²) in [6, 6.07) is 14.3. The van der Waals surface area contributed by atoms with E-state index >= 15 is 0 Å². The third-order valence-corrected chi connectivity index (χ3v) is 3.34. The first-order valence-electron chi connectivity index (χ1n) is 7.78. The monoisotopic (exact) mass is 353 g/mol. The zero-order valence-electron chi connectivity index (χ0n) is 14.4. The van der Waals surface area contributed by atoms with Gasteiger partial charge in [0.15, 0.2) is 0 Å². The van der Waals surface area contributed by atoms with Crippen molar-refractivity contribution in [2.75, 3.05) is 12.4 Å². The van der Waals surface area contributed by atoms with Gasteiger partial charge in [-0.25, -0.2) is 0 Å². The van der Waals surface area contributed by atoms with E-state index in [4.69, 9.17) is 4.74 Å². The number of amides is 3. The van der Waals surface area contributed by atoms with Crippen molar-refractivity contribution in [1.82, 2.24) is 10.9 Å². The van der Waals surface area contributed by atoms with Crippen molar-refractivity contribution in [3.63, 3.8) is 0 Å². The molecule has 7 nitrogen and oxygen atoms in total. The Morgan fingerprint density at radius 3 is 2.38 bits per heavy atom. The van der Waals surface area contributed by atoms with Gasteiger partial charge in [-0.2, -0.15) is 0 Å². The lowest BCUT2D eigenvalue weighted by Crippen LogP contribution is -2.46. The second-order valence-electron chi connectivity index (χ2n) is 5.35. The molecule has 0 aromatic heterocycles.